The molecule has 0 saturated carbocycles. The summed E-state index contributed by atoms with van der Waals surface area (Å²) in [4.78, 5) is 0. The highest BCUT2D eigenvalue weighted by atomic mass is 79.9. The molecule has 0 aliphatic carbocycles. The molecule has 0 amide bonds. The zero-order valence-electron chi connectivity index (χ0n) is 10.0. The fourth-order valence-electron chi connectivity index (χ4n) is 2.00. The van der Waals surface area contributed by atoms with Gasteiger partial charge in [0.25, 0.3) is 0 Å². The Morgan fingerprint density at radius 2 is 1.68 bits per heavy atom. The lowest BCUT2D eigenvalue weighted by Crippen LogP contribution is -2.06. The zero-order valence-corrected chi connectivity index (χ0v) is 13.1. The van der Waals surface area contributed by atoms with Crippen LogP contribution in [-0.2, 0) is 6.42 Å². The van der Waals surface area contributed by atoms with E-state index in [9.17, 15) is 4.39 Å². The molecule has 0 N–H and O–H groups in total. The molecule has 2 rings (SSSR count). The Balaban J connectivity index is 2.29. The normalized spacial score (nSPS) is 12.4. The van der Waals surface area contributed by atoms with Crippen LogP contribution in [0.5, 0.6) is 0 Å². The van der Waals surface area contributed by atoms with Crippen LogP contribution in [0.1, 0.15) is 17.0 Å². The van der Waals surface area contributed by atoms with Gasteiger partial charge in [-0.05, 0) is 47.7 Å². The van der Waals surface area contributed by atoms with E-state index in [1.807, 2.05) is 24.3 Å². The maximum Gasteiger partial charge on any atom is 0.123 e. The number of halogens is 4. The summed E-state index contributed by atoms with van der Waals surface area (Å²) in [6.07, 6.45) is 0.674. The van der Waals surface area contributed by atoms with Crippen molar-refractivity contribution in [2.45, 2.75) is 12.3 Å². The highest BCUT2D eigenvalue weighted by Crippen LogP contribution is 2.31. The fourth-order valence-corrected chi connectivity index (χ4v) is 3.15. The Morgan fingerprint density at radius 1 is 1.05 bits per heavy atom. The number of benzene rings is 2. The van der Waals surface area contributed by atoms with E-state index in [1.165, 1.54) is 6.07 Å². The third kappa shape index (κ3) is 3.71. The van der Waals surface area contributed by atoms with Crippen LogP contribution in [0.15, 0.2) is 42.5 Å². The van der Waals surface area contributed by atoms with Crippen molar-refractivity contribution in [3.8, 4) is 0 Å². The fraction of sp³-hybridized carbons (Fsp3) is 0.200. The summed E-state index contributed by atoms with van der Waals surface area (Å²) in [5, 5.41) is 2.02. The lowest BCUT2D eigenvalue weighted by Gasteiger charge is -2.16. The number of hydrogen-bond donors (Lipinski definition) is 0. The minimum atomic E-state index is -0.228. The van der Waals surface area contributed by atoms with Crippen molar-refractivity contribution in [1.82, 2.24) is 0 Å². The van der Waals surface area contributed by atoms with E-state index in [0.717, 1.165) is 16.5 Å². The molecule has 0 nitrogen and oxygen atoms in total. The summed E-state index contributed by atoms with van der Waals surface area (Å²) in [6.45, 7) is 0. The predicted octanol–water partition coefficient (Wildman–Crippen LogP) is 5.85. The van der Waals surface area contributed by atoms with Crippen molar-refractivity contribution in [2.75, 3.05) is 5.33 Å². The summed E-state index contributed by atoms with van der Waals surface area (Å²) in [5.74, 6) is -0.0956. The van der Waals surface area contributed by atoms with Gasteiger partial charge in [-0.15, -0.1) is 0 Å². The van der Waals surface area contributed by atoms with E-state index in [-0.39, 0.29) is 11.7 Å². The Morgan fingerprint density at radius 3 is 2.26 bits per heavy atom. The first-order chi connectivity index (χ1) is 9.11. The van der Waals surface area contributed by atoms with Gasteiger partial charge >= 0.3 is 0 Å². The third-order valence-electron chi connectivity index (χ3n) is 3.02. The Hall–Kier alpha value is -0.570. The second-order valence-corrected chi connectivity index (χ2v) is 5.77. The molecule has 0 bridgehead atoms. The quantitative estimate of drug-likeness (QED) is 0.599. The molecule has 1 unspecified atom stereocenters. The molecular formula is C15H12BrCl2F. The van der Waals surface area contributed by atoms with Gasteiger partial charge in [-0.2, -0.15) is 0 Å². The second-order valence-electron chi connectivity index (χ2n) is 4.31. The summed E-state index contributed by atoms with van der Waals surface area (Å²) < 4.78 is 13.3. The molecule has 100 valence electrons. The average Bonchev–Trinajstić information content (AvgIpc) is 2.38. The molecule has 1 atom stereocenters. The van der Waals surface area contributed by atoms with Gasteiger partial charge in [0.2, 0.25) is 0 Å². The van der Waals surface area contributed by atoms with Gasteiger partial charge in [0, 0.05) is 15.4 Å². The molecule has 2 aromatic carbocycles. The van der Waals surface area contributed by atoms with Crippen LogP contribution >= 0.6 is 39.1 Å². The van der Waals surface area contributed by atoms with Gasteiger partial charge in [0.15, 0.2) is 0 Å². The number of hydrogen-bond acceptors (Lipinski definition) is 0. The lowest BCUT2D eigenvalue weighted by molar-refractivity contribution is 0.621. The minimum Gasteiger partial charge on any atom is -0.207 e. The Kier molecular flexibility index (Phi) is 5.26. The molecule has 2 aromatic rings. The van der Waals surface area contributed by atoms with Gasteiger partial charge in [-0.3, -0.25) is 0 Å². The van der Waals surface area contributed by atoms with Crippen LogP contribution in [0, 0.1) is 5.82 Å². The van der Waals surface area contributed by atoms with Crippen LogP contribution in [0.3, 0.4) is 0 Å². The molecule has 0 radical (unpaired) electrons. The molecular weight excluding hydrogens is 350 g/mol. The molecule has 0 saturated heterocycles. The van der Waals surface area contributed by atoms with Crippen LogP contribution < -0.4 is 0 Å². The predicted molar refractivity (Wildman–Crippen MR) is 83.1 cm³/mol. The standard InChI is InChI=1S/C15H12BrCl2F/c16-9-11(10-3-1-4-12(19)7-10)8-13-14(17)5-2-6-15(13)18/h1-7,11H,8-9H2. The SMILES string of the molecule is Fc1cccc(C(CBr)Cc2c(Cl)cccc2Cl)c1. The van der Waals surface area contributed by atoms with Gasteiger partial charge < -0.3 is 0 Å². The van der Waals surface area contributed by atoms with Crippen LogP contribution in [0.4, 0.5) is 4.39 Å². The number of alkyl halides is 1. The van der Waals surface area contributed by atoms with E-state index >= 15 is 0 Å². The first-order valence-electron chi connectivity index (χ1n) is 5.86. The zero-order chi connectivity index (χ0) is 13.8. The smallest absolute Gasteiger partial charge is 0.123 e. The Bertz CT molecular complexity index is 552. The second kappa shape index (κ2) is 6.74. The maximum atomic E-state index is 13.3. The monoisotopic (exact) mass is 360 g/mol. The van der Waals surface area contributed by atoms with E-state index in [2.05, 4.69) is 15.9 Å². The van der Waals surface area contributed by atoms with Crippen molar-refractivity contribution < 1.29 is 4.39 Å². The summed E-state index contributed by atoms with van der Waals surface area (Å²) in [6, 6.07) is 12.1. The van der Waals surface area contributed by atoms with Crippen molar-refractivity contribution in [1.29, 1.82) is 0 Å². The van der Waals surface area contributed by atoms with Crippen molar-refractivity contribution in [3.63, 3.8) is 0 Å². The van der Waals surface area contributed by atoms with Crippen LogP contribution in [0.25, 0.3) is 0 Å². The average molecular weight is 362 g/mol. The maximum absolute atomic E-state index is 13.3. The molecule has 0 fully saturated rings. The van der Waals surface area contributed by atoms with Gasteiger partial charge in [-0.25, -0.2) is 4.39 Å². The highest BCUT2D eigenvalue weighted by molar-refractivity contribution is 9.09. The molecule has 19 heavy (non-hydrogen) atoms. The number of rotatable bonds is 4. The highest BCUT2D eigenvalue weighted by Gasteiger charge is 2.15. The van der Waals surface area contributed by atoms with Gasteiger partial charge in [-0.1, -0.05) is 57.3 Å². The molecule has 0 aliphatic rings. The van der Waals surface area contributed by atoms with Crippen LogP contribution in [0.2, 0.25) is 10.0 Å². The van der Waals surface area contributed by atoms with Crippen molar-refractivity contribution in [2.24, 2.45) is 0 Å². The molecule has 0 aliphatic heterocycles. The van der Waals surface area contributed by atoms with Gasteiger partial charge in [0.1, 0.15) is 5.82 Å². The van der Waals surface area contributed by atoms with E-state index < -0.39 is 0 Å². The first kappa shape index (κ1) is 14.8. The van der Waals surface area contributed by atoms with E-state index in [1.54, 1.807) is 12.1 Å². The summed E-state index contributed by atoms with van der Waals surface area (Å²) in [7, 11) is 0. The lowest BCUT2D eigenvalue weighted by atomic mass is 9.93. The summed E-state index contributed by atoms with van der Waals surface area (Å²) >= 11 is 15.8. The van der Waals surface area contributed by atoms with Gasteiger partial charge in [0.05, 0.1) is 0 Å². The Labute approximate surface area is 130 Å². The first-order valence-corrected chi connectivity index (χ1v) is 7.74. The van der Waals surface area contributed by atoms with Crippen LogP contribution in [-0.4, -0.2) is 5.33 Å². The minimum absolute atomic E-state index is 0.132. The van der Waals surface area contributed by atoms with Crippen molar-refractivity contribution in [3.05, 3.63) is 69.5 Å². The summed E-state index contributed by atoms with van der Waals surface area (Å²) in [5.41, 5.74) is 1.84. The molecule has 0 aromatic heterocycles. The third-order valence-corrected chi connectivity index (χ3v) is 4.51. The molecule has 0 spiro atoms. The van der Waals surface area contributed by atoms with E-state index in [0.29, 0.717) is 16.5 Å². The molecule has 4 heteroatoms. The molecule has 0 heterocycles. The largest absolute Gasteiger partial charge is 0.207 e. The van der Waals surface area contributed by atoms with E-state index in [4.69, 9.17) is 23.2 Å². The van der Waals surface area contributed by atoms with Crippen molar-refractivity contribution >= 4 is 39.1 Å². The topological polar surface area (TPSA) is 0 Å².